The normalized spacial score (nSPS) is 12.8. The Morgan fingerprint density at radius 3 is 2.70 bits per heavy atom. The van der Waals surface area contributed by atoms with Crippen molar-refractivity contribution in [3.8, 4) is 11.5 Å². The topological polar surface area (TPSA) is 63.9 Å². The van der Waals surface area contributed by atoms with Gasteiger partial charge in [-0.3, -0.25) is 0 Å². The zero-order chi connectivity index (χ0) is 16.2. The Kier molecular flexibility index (Phi) is 4.66. The van der Waals surface area contributed by atoms with Crippen molar-refractivity contribution in [2.75, 3.05) is 31.8 Å². The van der Waals surface area contributed by atoms with Crippen LogP contribution in [0.5, 0.6) is 11.5 Å². The number of rotatable bonds is 4. The maximum absolute atomic E-state index is 12.4. The number of hydrogen-bond donors (Lipinski definition) is 1. The van der Waals surface area contributed by atoms with E-state index >= 15 is 0 Å². The fourth-order valence-electron chi connectivity index (χ4n) is 2.26. The molecule has 6 nitrogen and oxygen atoms in total. The van der Waals surface area contributed by atoms with Crippen LogP contribution < -0.4 is 14.8 Å². The fraction of sp³-hybridized carbons (Fsp3) is 0.312. The van der Waals surface area contributed by atoms with Gasteiger partial charge in [0.15, 0.2) is 11.5 Å². The van der Waals surface area contributed by atoms with Gasteiger partial charge in [-0.25, -0.2) is 4.79 Å². The van der Waals surface area contributed by atoms with E-state index < -0.39 is 0 Å². The highest BCUT2D eigenvalue weighted by molar-refractivity contribution is 7.98. The Bertz CT molecular complexity index is 688. The fourth-order valence-corrected chi connectivity index (χ4v) is 2.81. The van der Waals surface area contributed by atoms with Gasteiger partial charge in [0, 0.05) is 18.0 Å². The Balaban J connectivity index is 1.74. The van der Waals surface area contributed by atoms with Gasteiger partial charge >= 0.3 is 6.03 Å². The number of carbonyl (C=O) groups excluding carboxylic acids is 1. The van der Waals surface area contributed by atoms with Crippen LogP contribution in [-0.2, 0) is 6.54 Å². The standard InChI is InChI=1S/C16H18N2O4S/c1-18(10-11-4-3-5-20-11)16(19)17-12-8-13-14(9-15(12)23-2)22-7-6-21-13/h3-5,8-9H,6-7,10H2,1-2H3,(H,17,19). The third-order valence-corrected chi connectivity index (χ3v) is 4.20. The van der Waals surface area contributed by atoms with Crippen LogP contribution in [0.2, 0.25) is 0 Å². The molecule has 0 saturated heterocycles. The largest absolute Gasteiger partial charge is 0.486 e. The van der Waals surface area contributed by atoms with Crippen LogP contribution in [0.15, 0.2) is 39.8 Å². The summed E-state index contributed by atoms with van der Waals surface area (Å²) in [6, 6.07) is 7.11. The molecule has 7 heteroatoms. The van der Waals surface area contributed by atoms with E-state index in [0.717, 1.165) is 10.7 Å². The van der Waals surface area contributed by atoms with Crippen LogP contribution in [0.25, 0.3) is 0 Å². The molecule has 1 N–H and O–H groups in total. The first kappa shape index (κ1) is 15.6. The number of ether oxygens (including phenoxy) is 2. The highest BCUT2D eigenvalue weighted by Gasteiger charge is 2.18. The summed E-state index contributed by atoms with van der Waals surface area (Å²) < 4.78 is 16.4. The van der Waals surface area contributed by atoms with Crippen LogP contribution >= 0.6 is 11.8 Å². The van der Waals surface area contributed by atoms with E-state index in [1.165, 1.54) is 11.8 Å². The van der Waals surface area contributed by atoms with Crippen molar-refractivity contribution in [1.82, 2.24) is 4.90 Å². The van der Waals surface area contributed by atoms with E-state index in [4.69, 9.17) is 13.9 Å². The number of hydrogen-bond acceptors (Lipinski definition) is 5. The van der Waals surface area contributed by atoms with Crippen molar-refractivity contribution in [2.24, 2.45) is 0 Å². The zero-order valence-corrected chi connectivity index (χ0v) is 13.8. The lowest BCUT2D eigenvalue weighted by Crippen LogP contribution is -2.31. The number of benzene rings is 1. The second-order valence-corrected chi connectivity index (χ2v) is 5.91. The average Bonchev–Trinajstić information content (AvgIpc) is 3.07. The molecule has 122 valence electrons. The SMILES string of the molecule is CSc1cc2c(cc1NC(=O)N(C)Cc1ccco1)OCCO2. The number of furan rings is 1. The number of nitrogens with zero attached hydrogens (tertiary/aromatic N) is 1. The Morgan fingerprint density at radius 1 is 1.30 bits per heavy atom. The van der Waals surface area contributed by atoms with Gasteiger partial charge in [0.25, 0.3) is 0 Å². The van der Waals surface area contributed by atoms with Crippen molar-refractivity contribution in [2.45, 2.75) is 11.4 Å². The van der Waals surface area contributed by atoms with Crippen molar-refractivity contribution < 1.29 is 18.7 Å². The molecular weight excluding hydrogens is 316 g/mol. The van der Waals surface area contributed by atoms with Gasteiger partial charge in [0.2, 0.25) is 0 Å². The molecule has 0 atom stereocenters. The van der Waals surface area contributed by atoms with Crippen LogP contribution in [0.3, 0.4) is 0 Å². The van der Waals surface area contributed by atoms with Crippen LogP contribution in [0, 0.1) is 0 Å². The second kappa shape index (κ2) is 6.87. The maximum Gasteiger partial charge on any atom is 0.322 e. The third kappa shape index (κ3) is 3.56. The van der Waals surface area contributed by atoms with Crippen molar-refractivity contribution in [3.05, 3.63) is 36.3 Å². The molecule has 23 heavy (non-hydrogen) atoms. The number of nitrogens with one attached hydrogen (secondary N) is 1. The summed E-state index contributed by atoms with van der Waals surface area (Å²) in [7, 11) is 1.72. The van der Waals surface area contributed by atoms with Gasteiger partial charge in [-0.2, -0.15) is 0 Å². The molecule has 1 aliphatic heterocycles. The molecule has 0 radical (unpaired) electrons. The summed E-state index contributed by atoms with van der Waals surface area (Å²) in [5, 5.41) is 2.91. The number of urea groups is 1. The van der Waals surface area contributed by atoms with E-state index in [9.17, 15) is 4.79 Å². The molecule has 1 aromatic heterocycles. The Labute approximate surface area is 138 Å². The van der Waals surface area contributed by atoms with E-state index in [0.29, 0.717) is 36.9 Å². The third-order valence-electron chi connectivity index (χ3n) is 3.43. The van der Waals surface area contributed by atoms with Gasteiger partial charge in [0.1, 0.15) is 19.0 Å². The molecule has 1 aromatic carbocycles. The van der Waals surface area contributed by atoms with Gasteiger partial charge in [-0.05, 0) is 24.5 Å². The summed E-state index contributed by atoms with van der Waals surface area (Å²) in [4.78, 5) is 14.8. The molecule has 0 bridgehead atoms. The van der Waals surface area contributed by atoms with Gasteiger partial charge in [-0.15, -0.1) is 11.8 Å². The van der Waals surface area contributed by atoms with Gasteiger partial charge in [0.05, 0.1) is 18.5 Å². The Hall–Kier alpha value is -2.28. The monoisotopic (exact) mass is 334 g/mol. The van der Waals surface area contributed by atoms with E-state index in [1.807, 2.05) is 18.4 Å². The minimum atomic E-state index is -0.214. The number of anilines is 1. The first-order chi connectivity index (χ1) is 11.2. The number of thioether (sulfide) groups is 1. The van der Waals surface area contributed by atoms with Crippen LogP contribution in [0.4, 0.5) is 10.5 Å². The molecule has 2 amide bonds. The molecule has 1 aliphatic rings. The van der Waals surface area contributed by atoms with E-state index in [-0.39, 0.29) is 6.03 Å². The number of fused-ring (bicyclic) bond motifs is 1. The number of amides is 2. The van der Waals surface area contributed by atoms with Gasteiger partial charge in [-0.1, -0.05) is 0 Å². The van der Waals surface area contributed by atoms with Crippen molar-refractivity contribution in [3.63, 3.8) is 0 Å². The lowest BCUT2D eigenvalue weighted by molar-refractivity contribution is 0.171. The minimum absolute atomic E-state index is 0.214. The highest BCUT2D eigenvalue weighted by Crippen LogP contribution is 2.39. The lowest BCUT2D eigenvalue weighted by Gasteiger charge is -2.22. The summed E-state index contributed by atoms with van der Waals surface area (Å²) in [6.07, 6.45) is 3.54. The Morgan fingerprint density at radius 2 is 2.04 bits per heavy atom. The zero-order valence-electron chi connectivity index (χ0n) is 13.0. The van der Waals surface area contributed by atoms with E-state index in [1.54, 1.807) is 30.3 Å². The highest BCUT2D eigenvalue weighted by atomic mass is 32.2. The second-order valence-electron chi connectivity index (χ2n) is 5.06. The quantitative estimate of drug-likeness (QED) is 0.868. The first-order valence-corrected chi connectivity index (χ1v) is 8.42. The summed E-state index contributed by atoms with van der Waals surface area (Å²) >= 11 is 1.54. The average molecular weight is 334 g/mol. The smallest absolute Gasteiger partial charge is 0.322 e. The molecule has 0 saturated carbocycles. The minimum Gasteiger partial charge on any atom is -0.486 e. The molecule has 0 unspecified atom stereocenters. The van der Waals surface area contributed by atoms with Crippen LogP contribution in [0.1, 0.15) is 5.76 Å². The lowest BCUT2D eigenvalue weighted by atomic mass is 10.2. The predicted octanol–water partition coefficient (Wildman–Crippen LogP) is 3.44. The van der Waals surface area contributed by atoms with E-state index in [2.05, 4.69) is 5.32 Å². The van der Waals surface area contributed by atoms with Crippen molar-refractivity contribution >= 4 is 23.5 Å². The molecule has 2 heterocycles. The molecule has 0 fully saturated rings. The molecule has 2 aromatic rings. The summed E-state index contributed by atoms with van der Waals surface area (Å²) in [5.41, 5.74) is 0.707. The van der Waals surface area contributed by atoms with Crippen LogP contribution in [-0.4, -0.2) is 37.4 Å². The molecule has 0 aliphatic carbocycles. The molecule has 3 rings (SSSR count). The predicted molar refractivity (Wildman–Crippen MR) is 88.4 cm³/mol. The maximum atomic E-state index is 12.4. The molecule has 0 spiro atoms. The number of carbonyl (C=O) groups is 1. The first-order valence-electron chi connectivity index (χ1n) is 7.19. The summed E-state index contributed by atoms with van der Waals surface area (Å²) in [6.45, 7) is 1.45. The molecular formula is C16H18N2O4S. The van der Waals surface area contributed by atoms with Gasteiger partial charge < -0.3 is 24.1 Å². The summed E-state index contributed by atoms with van der Waals surface area (Å²) in [5.74, 6) is 2.09. The van der Waals surface area contributed by atoms with Crippen molar-refractivity contribution in [1.29, 1.82) is 0 Å².